The number of halogens is 2. The number of aromatic nitrogens is 1. The number of nitrogens with zero attached hydrogens (tertiary/aromatic N) is 2. The van der Waals surface area contributed by atoms with Crippen LogP contribution in [-0.4, -0.2) is 10.5 Å². The van der Waals surface area contributed by atoms with Crippen LogP contribution in [0.5, 0.6) is 0 Å². The van der Waals surface area contributed by atoms with Gasteiger partial charge in [0.25, 0.3) is 5.91 Å². The number of aryl methyl sites for hydroxylation is 1. The third kappa shape index (κ3) is 4.42. The highest BCUT2D eigenvalue weighted by molar-refractivity contribution is 9.10. The standard InChI is InChI=1S/C21H20BrClN2OS/c1-3-7-18-19(14-10-12-15(22)13-11-14)25(4-2)21(27-18)24-20(26)16-8-5-6-9-17(16)23/h5-6,8-13H,3-4,7H2,1-2H3. The highest BCUT2D eigenvalue weighted by Gasteiger charge is 2.16. The zero-order valence-electron chi connectivity index (χ0n) is 15.2. The van der Waals surface area contributed by atoms with Gasteiger partial charge in [-0.25, -0.2) is 0 Å². The van der Waals surface area contributed by atoms with Crippen LogP contribution in [0, 0.1) is 0 Å². The molecule has 0 fully saturated rings. The largest absolute Gasteiger partial charge is 0.316 e. The van der Waals surface area contributed by atoms with Gasteiger partial charge >= 0.3 is 0 Å². The summed E-state index contributed by atoms with van der Waals surface area (Å²) in [6.07, 6.45) is 1.98. The Labute approximate surface area is 176 Å². The van der Waals surface area contributed by atoms with E-state index in [0.717, 1.165) is 35.1 Å². The van der Waals surface area contributed by atoms with Crippen LogP contribution in [-0.2, 0) is 13.0 Å². The minimum atomic E-state index is -0.311. The lowest BCUT2D eigenvalue weighted by atomic mass is 10.1. The van der Waals surface area contributed by atoms with Crippen molar-refractivity contribution in [2.45, 2.75) is 33.2 Å². The number of carbonyl (C=O) groups is 1. The molecule has 0 spiro atoms. The summed E-state index contributed by atoms with van der Waals surface area (Å²) in [5.74, 6) is -0.311. The lowest BCUT2D eigenvalue weighted by Crippen LogP contribution is -2.17. The van der Waals surface area contributed by atoms with E-state index in [9.17, 15) is 4.79 Å². The van der Waals surface area contributed by atoms with Crippen molar-refractivity contribution in [3.8, 4) is 11.3 Å². The Morgan fingerprint density at radius 2 is 1.85 bits per heavy atom. The van der Waals surface area contributed by atoms with Crippen LogP contribution >= 0.6 is 38.9 Å². The Balaban J connectivity index is 2.16. The molecule has 0 radical (unpaired) electrons. The van der Waals surface area contributed by atoms with Gasteiger partial charge in [-0.2, -0.15) is 4.99 Å². The first-order valence-corrected chi connectivity index (χ1v) is 10.9. The normalized spacial score (nSPS) is 11.8. The molecule has 0 N–H and O–H groups in total. The number of carbonyl (C=O) groups excluding carboxylic acids is 1. The minimum absolute atomic E-state index is 0.311. The van der Waals surface area contributed by atoms with Crippen LogP contribution in [0.3, 0.4) is 0 Å². The molecule has 1 aromatic heterocycles. The second-order valence-corrected chi connectivity index (χ2v) is 8.44. The van der Waals surface area contributed by atoms with Crippen molar-refractivity contribution < 1.29 is 4.79 Å². The zero-order valence-corrected chi connectivity index (χ0v) is 18.4. The van der Waals surface area contributed by atoms with Crippen molar-refractivity contribution in [3.05, 3.63) is 73.3 Å². The van der Waals surface area contributed by atoms with Gasteiger partial charge in [0.2, 0.25) is 0 Å². The first kappa shape index (κ1) is 20.1. The monoisotopic (exact) mass is 462 g/mol. The molecule has 0 bridgehead atoms. The molecule has 0 atom stereocenters. The summed E-state index contributed by atoms with van der Waals surface area (Å²) < 4.78 is 3.16. The SMILES string of the molecule is CCCc1sc(=NC(=O)c2ccccc2Cl)n(CC)c1-c1ccc(Br)cc1. The fourth-order valence-electron chi connectivity index (χ4n) is 2.94. The molecule has 0 aliphatic heterocycles. The average Bonchev–Trinajstić information content (AvgIpc) is 3.00. The van der Waals surface area contributed by atoms with E-state index in [1.807, 2.05) is 18.2 Å². The Morgan fingerprint density at radius 1 is 1.15 bits per heavy atom. The molecule has 0 unspecified atom stereocenters. The lowest BCUT2D eigenvalue weighted by Gasteiger charge is -2.09. The van der Waals surface area contributed by atoms with Gasteiger partial charge in [-0.3, -0.25) is 4.79 Å². The summed E-state index contributed by atoms with van der Waals surface area (Å²) in [6, 6.07) is 15.3. The van der Waals surface area contributed by atoms with E-state index >= 15 is 0 Å². The van der Waals surface area contributed by atoms with Gasteiger partial charge in [0.05, 0.1) is 16.3 Å². The third-order valence-electron chi connectivity index (χ3n) is 4.19. The molecule has 0 saturated heterocycles. The van der Waals surface area contributed by atoms with Crippen LogP contribution in [0.15, 0.2) is 58.0 Å². The summed E-state index contributed by atoms with van der Waals surface area (Å²) in [6.45, 7) is 4.97. The molecule has 0 saturated carbocycles. The molecular weight excluding hydrogens is 444 g/mol. The Kier molecular flexibility index (Phi) is 6.68. The quantitative estimate of drug-likeness (QED) is 0.434. The van der Waals surface area contributed by atoms with Crippen molar-refractivity contribution in [3.63, 3.8) is 0 Å². The van der Waals surface area contributed by atoms with E-state index in [1.54, 1.807) is 29.5 Å². The third-order valence-corrected chi connectivity index (χ3v) is 6.19. The molecule has 0 aliphatic rings. The molecular formula is C21H20BrClN2OS. The topological polar surface area (TPSA) is 34.4 Å². The Morgan fingerprint density at radius 3 is 2.48 bits per heavy atom. The van der Waals surface area contributed by atoms with Gasteiger partial charge < -0.3 is 4.57 Å². The van der Waals surface area contributed by atoms with Crippen molar-refractivity contribution in [2.75, 3.05) is 0 Å². The molecule has 1 heterocycles. The summed E-state index contributed by atoms with van der Waals surface area (Å²) in [5.41, 5.74) is 2.70. The average molecular weight is 464 g/mol. The molecule has 0 aliphatic carbocycles. The molecule has 3 rings (SSSR count). The van der Waals surface area contributed by atoms with Crippen LogP contribution in [0.4, 0.5) is 0 Å². The zero-order chi connectivity index (χ0) is 19.4. The smallest absolute Gasteiger partial charge is 0.281 e. The molecule has 140 valence electrons. The summed E-state index contributed by atoms with van der Waals surface area (Å²) >= 11 is 11.2. The number of rotatable bonds is 5. The first-order valence-electron chi connectivity index (χ1n) is 8.87. The maximum Gasteiger partial charge on any atom is 0.281 e. The first-order chi connectivity index (χ1) is 13.0. The van der Waals surface area contributed by atoms with Gasteiger partial charge in [0.15, 0.2) is 4.80 Å². The van der Waals surface area contributed by atoms with E-state index in [4.69, 9.17) is 11.6 Å². The van der Waals surface area contributed by atoms with Gasteiger partial charge in [-0.1, -0.05) is 65.1 Å². The van der Waals surface area contributed by atoms with Crippen molar-refractivity contribution >= 4 is 44.8 Å². The van der Waals surface area contributed by atoms with Crippen LogP contribution in [0.2, 0.25) is 5.02 Å². The number of benzene rings is 2. The number of hydrogen-bond acceptors (Lipinski definition) is 2. The van der Waals surface area contributed by atoms with E-state index < -0.39 is 0 Å². The van der Waals surface area contributed by atoms with Gasteiger partial charge in [0, 0.05) is 15.9 Å². The van der Waals surface area contributed by atoms with Crippen LogP contribution in [0.25, 0.3) is 11.3 Å². The molecule has 27 heavy (non-hydrogen) atoms. The summed E-state index contributed by atoms with van der Waals surface area (Å²) in [4.78, 5) is 19.1. The van der Waals surface area contributed by atoms with Crippen LogP contribution in [0.1, 0.15) is 35.5 Å². The highest BCUT2D eigenvalue weighted by Crippen LogP contribution is 2.28. The predicted molar refractivity (Wildman–Crippen MR) is 116 cm³/mol. The van der Waals surface area contributed by atoms with E-state index in [2.05, 4.69) is 51.5 Å². The maximum absolute atomic E-state index is 12.7. The van der Waals surface area contributed by atoms with E-state index in [0.29, 0.717) is 15.4 Å². The minimum Gasteiger partial charge on any atom is -0.316 e. The highest BCUT2D eigenvalue weighted by atomic mass is 79.9. The molecule has 3 aromatic rings. The van der Waals surface area contributed by atoms with Gasteiger partial charge in [0.1, 0.15) is 0 Å². The van der Waals surface area contributed by atoms with E-state index in [1.165, 1.54) is 4.88 Å². The Hall–Kier alpha value is -1.69. The van der Waals surface area contributed by atoms with Gasteiger partial charge in [-0.15, -0.1) is 11.3 Å². The van der Waals surface area contributed by atoms with Crippen molar-refractivity contribution in [1.82, 2.24) is 4.57 Å². The summed E-state index contributed by atoms with van der Waals surface area (Å²) in [5, 5.41) is 0.424. The van der Waals surface area contributed by atoms with E-state index in [-0.39, 0.29) is 5.91 Å². The fraction of sp³-hybridized carbons (Fsp3) is 0.238. The van der Waals surface area contributed by atoms with Crippen molar-refractivity contribution in [1.29, 1.82) is 0 Å². The summed E-state index contributed by atoms with van der Waals surface area (Å²) in [7, 11) is 0. The maximum atomic E-state index is 12.7. The number of hydrogen-bond donors (Lipinski definition) is 0. The number of thiazole rings is 1. The molecule has 3 nitrogen and oxygen atoms in total. The second kappa shape index (κ2) is 9.00. The number of amides is 1. The van der Waals surface area contributed by atoms with Crippen LogP contribution < -0.4 is 4.80 Å². The molecule has 2 aromatic carbocycles. The van der Waals surface area contributed by atoms with Crippen molar-refractivity contribution in [2.24, 2.45) is 4.99 Å². The predicted octanol–water partition coefficient (Wildman–Crippen LogP) is 6.35. The van der Waals surface area contributed by atoms with Gasteiger partial charge in [-0.05, 0) is 43.2 Å². The second-order valence-electron chi connectivity index (χ2n) is 6.05. The lowest BCUT2D eigenvalue weighted by molar-refractivity contribution is 0.0998. The Bertz CT molecular complexity index is 1020. The molecule has 6 heteroatoms. The molecule has 1 amide bonds. The fourth-order valence-corrected chi connectivity index (χ4v) is 4.73.